The molecule has 1 heterocycles. The van der Waals surface area contributed by atoms with Gasteiger partial charge in [-0.25, -0.2) is 19.6 Å². The molecule has 0 aliphatic carbocycles. The van der Waals surface area contributed by atoms with E-state index in [0.717, 1.165) is 6.33 Å². The summed E-state index contributed by atoms with van der Waals surface area (Å²) < 4.78 is 49.5. The van der Waals surface area contributed by atoms with Gasteiger partial charge >= 0.3 is 18.2 Å². The van der Waals surface area contributed by atoms with Crippen molar-refractivity contribution in [2.45, 2.75) is 12.6 Å². The van der Waals surface area contributed by atoms with E-state index in [1.807, 2.05) is 19.0 Å². The summed E-state index contributed by atoms with van der Waals surface area (Å²) in [5.41, 5.74) is -0.242. The van der Waals surface area contributed by atoms with Crippen LogP contribution in [0.1, 0.15) is 6.42 Å². The molecule has 0 radical (unpaired) electrons. The Hall–Kier alpha value is -4.80. The molecule has 0 atom stereocenters. The second kappa shape index (κ2) is 16.2. The van der Waals surface area contributed by atoms with Crippen LogP contribution in [0.15, 0.2) is 55.4 Å². The summed E-state index contributed by atoms with van der Waals surface area (Å²) in [4.78, 5) is 53.7. The zero-order chi connectivity index (χ0) is 34.9. The Morgan fingerprint density at radius 1 is 1.00 bits per heavy atom. The highest BCUT2D eigenvalue weighted by Gasteiger charge is 2.43. The van der Waals surface area contributed by atoms with Crippen molar-refractivity contribution in [3.05, 3.63) is 65.4 Å². The predicted molar refractivity (Wildman–Crippen MR) is 171 cm³/mol. The fourth-order valence-corrected chi connectivity index (χ4v) is 4.52. The molecule has 0 bridgehead atoms. The number of benzene rings is 2. The van der Waals surface area contributed by atoms with Crippen LogP contribution in [-0.2, 0) is 14.4 Å². The Morgan fingerprint density at radius 3 is 2.21 bits per heavy atom. The molecule has 2 N–H and O–H groups in total. The summed E-state index contributed by atoms with van der Waals surface area (Å²) in [6.45, 7) is 4.01. The second-order valence-electron chi connectivity index (χ2n) is 9.64. The normalized spacial score (nSPS) is 11.0. The summed E-state index contributed by atoms with van der Waals surface area (Å²) in [6.07, 6.45) is -3.08. The Morgan fingerprint density at radius 2 is 1.64 bits per heavy atom. The van der Waals surface area contributed by atoms with Crippen LogP contribution in [0.5, 0.6) is 11.5 Å². The molecule has 2 aromatic carbocycles. The number of urea groups is 1. The number of aromatic nitrogens is 2. The molecule has 0 saturated carbocycles. The minimum Gasteiger partial charge on any atom is -0.495 e. The number of amides is 3. The first-order valence-electron chi connectivity index (χ1n) is 13.5. The third-order valence-electron chi connectivity index (χ3n) is 6.13. The number of hydrogen-bond acceptors (Lipinski definition) is 10. The zero-order valence-electron chi connectivity index (χ0n) is 25.5. The van der Waals surface area contributed by atoms with Crippen molar-refractivity contribution in [3.8, 4) is 11.5 Å². The second-order valence-corrected chi connectivity index (χ2v) is 10.4. The average molecular weight is 701 g/mol. The number of hydroxylamine groups is 1. The lowest BCUT2D eigenvalue weighted by atomic mass is 10.2. The maximum atomic E-state index is 13.7. The smallest absolute Gasteiger partial charge is 0.493 e. The van der Waals surface area contributed by atoms with Crippen LogP contribution in [0.2, 0.25) is 10.0 Å². The number of carbonyl (C=O) groups excluding carboxylic acids is 3. The molecule has 3 aromatic rings. The Kier molecular flexibility index (Phi) is 12.6. The number of halogens is 5. The van der Waals surface area contributed by atoms with Crippen molar-refractivity contribution in [3.63, 3.8) is 0 Å². The number of anilines is 5. The maximum absolute atomic E-state index is 13.7. The minimum atomic E-state index is -5.38. The van der Waals surface area contributed by atoms with Crippen LogP contribution in [0.3, 0.4) is 0 Å². The van der Waals surface area contributed by atoms with Crippen LogP contribution >= 0.6 is 23.2 Å². The molecule has 13 nitrogen and oxygen atoms in total. The van der Waals surface area contributed by atoms with Crippen LogP contribution in [0.25, 0.3) is 0 Å². The van der Waals surface area contributed by atoms with Gasteiger partial charge in [0.2, 0.25) is 0 Å². The van der Waals surface area contributed by atoms with Gasteiger partial charge in [0.05, 0.1) is 25.6 Å². The zero-order valence-corrected chi connectivity index (χ0v) is 27.0. The molecule has 0 fully saturated rings. The van der Waals surface area contributed by atoms with Crippen molar-refractivity contribution in [1.29, 1.82) is 0 Å². The summed E-state index contributed by atoms with van der Waals surface area (Å²) in [6, 6.07) is 7.68. The third-order valence-corrected chi connectivity index (χ3v) is 6.88. The van der Waals surface area contributed by atoms with Crippen molar-refractivity contribution in [2.75, 3.05) is 62.0 Å². The highest BCUT2D eigenvalue weighted by atomic mass is 35.5. The van der Waals surface area contributed by atoms with Gasteiger partial charge in [-0.1, -0.05) is 41.9 Å². The van der Waals surface area contributed by atoms with Gasteiger partial charge in [0.15, 0.2) is 0 Å². The first-order chi connectivity index (χ1) is 22.2. The standard InChI is InChI=1S/C29H30Cl2F3N7O6/c1-6-23(42)41(47-27(43)29(32,33)34)18-11-8-7-10-17(18)37-21-15-22(36-16-35-21)40(13-9-12-39(2)3)28(44)38-26-24(30)19(45-4)14-20(46-5)25(26)31/h6-8,10-11,14-16H,1,9,12-13H2,2-5H3,(H,38,44)(H,35,36,37). The van der Waals surface area contributed by atoms with Crippen LogP contribution < -0.4 is 30.1 Å². The Balaban J connectivity index is 2.00. The van der Waals surface area contributed by atoms with Crippen LogP contribution in [-0.4, -0.2) is 80.4 Å². The number of alkyl halides is 3. The first-order valence-corrected chi connectivity index (χ1v) is 14.2. The van der Waals surface area contributed by atoms with E-state index in [2.05, 4.69) is 32.0 Å². The lowest BCUT2D eigenvalue weighted by molar-refractivity contribution is -0.201. The number of hydrogen-bond donors (Lipinski definition) is 2. The number of para-hydroxylation sites is 2. The van der Waals surface area contributed by atoms with Gasteiger partial charge in [-0.3, -0.25) is 9.69 Å². The molecule has 3 rings (SSSR count). The largest absolute Gasteiger partial charge is 0.495 e. The lowest BCUT2D eigenvalue weighted by Gasteiger charge is -2.25. The van der Waals surface area contributed by atoms with E-state index in [1.54, 1.807) is 0 Å². The van der Waals surface area contributed by atoms with Gasteiger partial charge in [0, 0.05) is 18.7 Å². The van der Waals surface area contributed by atoms with E-state index in [9.17, 15) is 27.6 Å². The van der Waals surface area contributed by atoms with E-state index in [4.69, 9.17) is 32.7 Å². The first kappa shape index (κ1) is 36.7. The van der Waals surface area contributed by atoms with E-state index in [1.165, 1.54) is 55.5 Å². The minimum absolute atomic E-state index is 0.00738. The number of ether oxygens (including phenoxy) is 2. The van der Waals surface area contributed by atoms with E-state index >= 15 is 0 Å². The van der Waals surface area contributed by atoms with Crippen LogP contribution in [0, 0.1) is 0 Å². The molecule has 1 aromatic heterocycles. The monoisotopic (exact) mass is 699 g/mol. The summed E-state index contributed by atoms with van der Waals surface area (Å²) in [5.74, 6) is -3.24. The molecule has 18 heteroatoms. The van der Waals surface area contributed by atoms with Crippen molar-refractivity contribution in [1.82, 2.24) is 14.9 Å². The summed E-state index contributed by atoms with van der Waals surface area (Å²) >= 11 is 12.9. The van der Waals surface area contributed by atoms with Crippen LogP contribution in [0.4, 0.5) is 46.7 Å². The molecule has 47 heavy (non-hydrogen) atoms. The average Bonchev–Trinajstić information content (AvgIpc) is 3.03. The van der Waals surface area contributed by atoms with Gasteiger partial charge in [-0.05, 0) is 45.3 Å². The van der Waals surface area contributed by atoms with Crippen molar-refractivity contribution in [2.24, 2.45) is 0 Å². The van der Waals surface area contributed by atoms with Gasteiger partial charge in [0.1, 0.15) is 45.2 Å². The van der Waals surface area contributed by atoms with Gasteiger partial charge in [-0.15, -0.1) is 5.06 Å². The maximum Gasteiger partial charge on any atom is 0.493 e. The lowest BCUT2D eigenvalue weighted by Crippen LogP contribution is -2.38. The van der Waals surface area contributed by atoms with Crippen molar-refractivity contribution >= 4 is 69.8 Å². The fourth-order valence-electron chi connectivity index (χ4n) is 3.92. The quantitative estimate of drug-likeness (QED) is 0.169. The van der Waals surface area contributed by atoms with E-state index in [-0.39, 0.29) is 61.9 Å². The van der Waals surface area contributed by atoms with Crippen molar-refractivity contribution < 1.29 is 41.9 Å². The molecule has 252 valence electrons. The highest BCUT2D eigenvalue weighted by molar-refractivity contribution is 6.41. The van der Waals surface area contributed by atoms with E-state index < -0.39 is 24.1 Å². The molecule has 0 aliphatic rings. The molecule has 0 aliphatic heterocycles. The van der Waals surface area contributed by atoms with Gasteiger partial charge in [0.25, 0.3) is 5.91 Å². The van der Waals surface area contributed by atoms with E-state index in [0.29, 0.717) is 19.0 Å². The summed E-state index contributed by atoms with van der Waals surface area (Å²) in [7, 11) is 6.49. The molecule has 0 unspecified atom stereocenters. The molecule has 0 saturated heterocycles. The molecule has 0 spiro atoms. The molecule has 3 amide bonds. The fraction of sp³-hybridized carbons (Fsp3) is 0.276. The highest BCUT2D eigenvalue weighted by Crippen LogP contribution is 2.44. The predicted octanol–water partition coefficient (Wildman–Crippen LogP) is 6.07. The third kappa shape index (κ3) is 9.37. The topological polar surface area (TPSA) is 138 Å². The molecular formula is C29H30Cl2F3N7O6. The SMILES string of the molecule is C=CC(=O)N(OC(=O)C(F)(F)F)c1ccccc1Nc1cc(N(CCCN(C)C)C(=O)Nc2c(Cl)c(OC)cc(OC)c2Cl)ncn1. The van der Waals surface area contributed by atoms with Gasteiger partial charge in [-0.2, -0.15) is 13.2 Å². The van der Waals surface area contributed by atoms with Gasteiger partial charge < -0.3 is 29.8 Å². The number of nitrogens with zero attached hydrogens (tertiary/aromatic N) is 5. The molecular weight excluding hydrogens is 670 g/mol. The number of carbonyl (C=O) groups is 3. The number of nitrogens with one attached hydrogen (secondary N) is 2. The Bertz CT molecular complexity index is 1600. The summed E-state index contributed by atoms with van der Waals surface area (Å²) in [5, 5.41) is 5.72. The Labute approximate surface area is 277 Å². The number of rotatable bonds is 12. The number of methoxy groups -OCH3 is 2.